The number of imidazole rings is 1. The molecule has 1 heterocycles. The van der Waals surface area contributed by atoms with E-state index in [2.05, 4.69) is 10.3 Å². The van der Waals surface area contributed by atoms with Gasteiger partial charge in [-0.2, -0.15) is 0 Å². The number of halogens is 1. The second-order valence-electron chi connectivity index (χ2n) is 6.16. The first-order valence-corrected chi connectivity index (χ1v) is 8.34. The Kier molecular flexibility index (Phi) is 5.11. The molecule has 0 unspecified atom stereocenters. The number of nitrogens with zero attached hydrogens (tertiary/aromatic N) is 2. The molecule has 0 radical (unpaired) electrons. The zero-order chi connectivity index (χ0) is 17.8. The van der Waals surface area contributed by atoms with Gasteiger partial charge in [-0.15, -0.1) is 0 Å². The molecular formula is C18H20FN3O3. The van der Waals surface area contributed by atoms with Gasteiger partial charge < -0.3 is 10.1 Å². The van der Waals surface area contributed by atoms with Crippen LogP contribution in [0.4, 0.5) is 4.39 Å². The average molecular weight is 345 g/mol. The molecule has 0 aliphatic heterocycles. The van der Waals surface area contributed by atoms with E-state index >= 15 is 0 Å². The zero-order valence-corrected chi connectivity index (χ0v) is 13.9. The van der Waals surface area contributed by atoms with E-state index in [1.807, 2.05) is 0 Å². The molecular weight excluding hydrogens is 325 g/mol. The van der Waals surface area contributed by atoms with Crippen LogP contribution in [-0.2, 0) is 9.53 Å². The van der Waals surface area contributed by atoms with Crippen molar-refractivity contribution in [3.8, 4) is 5.69 Å². The van der Waals surface area contributed by atoms with Crippen LogP contribution in [0.1, 0.15) is 43.1 Å². The van der Waals surface area contributed by atoms with Crippen LogP contribution in [0.25, 0.3) is 5.69 Å². The van der Waals surface area contributed by atoms with E-state index in [1.54, 1.807) is 6.92 Å². The van der Waals surface area contributed by atoms with E-state index < -0.39 is 12.1 Å². The Morgan fingerprint density at radius 1 is 1.28 bits per heavy atom. The fourth-order valence-electron chi connectivity index (χ4n) is 2.92. The monoisotopic (exact) mass is 345 g/mol. The third kappa shape index (κ3) is 4.04. The summed E-state index contributed by atoms with van der Waals surface area (Å²) in [6.45, 7) is 1.54. The molecule has 132 valence electrons. The molecule has 3 rings (SSSR count). The molecule has 6 nitrogen and oxygen atoms in total. The number of benzene rings is 1. The highest BCUT2D eigenvalue weighted by molar-refractivity contribution is 5.91. The molecule has 1 aromatic heterocycles. The first-order chi connectivity index (χ1) is 12.0. The van der Waals surface area contributed by atoms with Crippen LogP contribution >= 0.6 is 0 Å². The van der Waals surface area contributed by atoms with Gasteiger partial charge in [0.1, 0.15) is 5.82 Å². The summed E-state index contributed by atoms with van der Waals surface area (Å²) in [5.74, 6) is -1.32. The van der Waals surface area contributed by atoms with Gasteiger partial charge in [0.05, 0.1) is 12.5 Å². The van der Waals surface area contributed by atoms with Gasteiger partial charge in [0.15, 0.2) is 11.8 Å². The van der Waals surface area contributed by atoms with Crippen molar-refractivity contribution in [1.29, 1.82) is 0 Å². The van der Waals surface area contributed by atoms with Crippen LogP contribution < -0.4 is 5.32 Å². The lowest BCUT2D eigenvalue weighted by atomic mass is 10.2. The molecule has 0 spiro atoms. The number of hydrogen-bond acceptors (Lipinski definition) is 4. The van der Waals surface area contributed by atoms with E-state index in [0.29, 0.717) is 5.69 Å². The highest BCUT2D eigenvalue weighted by atomic mass is 19.1. The SMILES string of the molecule is C[C@H](OC(=O)c1cncn1-c1ccc(F)cc1)C(=O)NC1CCCC1. The van der Waals surface area contributed by atoms with Crippen LogP contribution in [0.3, 0.4) is 0 Å². The van der Waals surface area contributed by atoms with Gasteiger partial charge in [-0.25, -0.2) is 14.2 Å². The number of esters is 1. The molecule has 1 aromatic carbocycles. The van der Waals surface area contributed by atoms with Crippen molar-refractivity contribution in [3.05, 3.63) is 48.3 Å². The lowest BCUT2D eigenvalue weighted by molar-refractivity contribution is -0.129. The van der Waals surface area contributed by atoms with Gasteiger partial charge in [-0.05, 0) is 44.0 Å². The maximum atomic E-state index is 13.1. The van der Waals surface area contributed by atoms with E-state index in [4.69, 9.17) is 4.74 Å². The van der Waals surface area contributed by atoms with Crippen molar-refractivity contribution < 1.29 is 18.7 Å². The molecule has 0 bridgehead atoms. The van der Waals surface area contributed by atoms with Gasteiger partial charge >= 0.3 is 5.97 Å². The van der Waals surface area contributed by atoms with Gasteiger partial charge in [-0.1, -0.05) is 12.8 Å². The summed E-state index contributed by atoms with van der Waals surface area (Å²) < 4.78 is 19.8. The molecule has 1 N–H and O–H groups in total. The van der Waals surface area contributed by atoms with E-state index in [1.165, 1.54) is 41.4 Å². The second kappa shape index (κ2) is 7.46. The number of rotatable bonds is 5. The fraction of sp³-hybridized carbons (Fsp3) is 0.389. The average Bonchev–Trinajstić information content (AvgIpc) is 3.26. The quantitative estimate of drug-likeness (QED) is 0.846. The van der Waals surface area contributed by atoms with Crippen LogP contribution in [0.15, 0.2) is 36.8 Å². The lowest BCUT2D eigenvalue weighted by Gasteiger charge is -2.17. The number of amides is 1. The summed E-state index contributed by atoms with van der Waals surface area (Å²) in [6.07, 6.45) is 6.03. The Labute approximate surface area is 145 Å². The number of aromatic nitrogens is 2. The highest BCUT2D eigenvalue weighted by Gasteiger charge is 2.25. The summed E-state index contributed by atoms with van der Waals surface area (Å²) >= 11 is 0. The highest BCUT2D eigenvalue weighted by Crippen LogP contribution is 2.18. The summed E-state index contributed by atoms with van der Waals surface area (Å²) in [4.78, 5) is 28.5. The molecule has 1 aliphatic carbocycles. The lowest BCUT2D eigenvalue weighted by Crippen LogP contribution is -2.41. The van der Waals surface area contributed by atoms with Gasteiger partial charge in [-0.3, -0.25) is 9.36 Å². The zero-order valence-electron chi connectivity index (χ0n) is 13.9. The number of carbonyl (C=O) groups is 2. The maximum Gasteiger partial charge on any atom is 0.357 e. The van der Waals surface area contributed by atoms with E-state index in [9.17, 15) is 14.0 Å². The minimum atomic E-state index is -0.898. The van der Waals surface area contributed by atoms with E-state index in [0.717, 1.165) is 25.7 Å². The number of ether oxygens (including phenoxy) is 1. The molecule has 1 saturated carbocycles. The minimum Gasteiger partial charge on any atom is -0.448 e. The molecule has 1 aliphatic rings. The molecule has 1 atom stereocenters. The number of hydrogen-bond donors (Lipinski definition) is 1. The largest absolute Gasteiger partial charge is 0.448 e. The topological polar surface area (TPSA) is 73.2 Å². The van der Waals surface area contributed by atoms with Gasteiger partial charge in [0.2, 0.25) is 0 Å². The van der Waals surface area contributed by atoms with Crippen molar-refractivity contribution >= 4 is 11.9 Å². The summed E-state index contributed by atoms with van der Waals surface area (Å²) in [7, 11) is 0. The van der Waals surface area contributed by atoms with Crippen molar-refractivity contribution in [2.24, 2.45) is 0 Å². The summed E-state index contributed by atoms with van der Waals surface area (Å²) in [6, 6.07) is 5.82. The van der Waals surface area contributed by atoms with Crippen molar-refractivity contribution in [2.75, 3.05) is 0 Å². The predicted molar refractivity (Wildman–Crippen MR) is 88.8 cm³/mol. The van der Waals surface area contributed by atoms with Crippen molar-refractivity contribution in [1.82, 2.24) is 14.9 Å². The Morgan fingerprint density at radius 2 is 1.96 bits per heavy atom. The predicted octanol–water partition coefficient (Wildman–Crippen LogP) is 2.62. The minimum absolute atomic E-state index is 0.165. The third-order valence-electron chi connectivity index (χ3n) is 4.31. The fourth-order valence-corrected chi connectivity index (χ4v) is 2.92. The molecule has 1 amide bonds. The van der Waals surface area contributed by atoms with Crippen LogP contribution in [0.5, 0.6) is 0 Å². The molecule has 7 heteroatoms. The van der Waals surface area contributed by atoms with Crippen LogP contribution in [0, 0.1) is 5.82 Å². The molecule has 1 fully saturated rings. The van der Waals surface area contributed by atoms with Gasteiger partial charge in [0, 0.05) is 11.7 Å². The summed E-state index contributed by atoms with van der Waals surface area (Å²) in [5, 5.41) is 2.90. The maximum absolute atomic E-state index is 13.1. The normalized spacial score (nSPS) is 15.8. The van der Waals surface area contributed by atoms with Crippen LogP contribution in [0.2, 0.25) is 0 Å². The third-order valence-corrected chi connectivity index (χ3v) is 4.31. The molecule has 2 aromatic rings. The Morgan fingerprint density at radius 3 is 2.64 bits per heavy atom. The van der Waals surface area contributed by atoms with Crippen molar-refractivity contribution in [3.63, 3.8) is 0 Å². The van der Waals surface area contributed by atoms with Gasteiger partial charge in [0.25, 0.3) is 5.91 Å². The van der Waals surface area contributed by atoms with Crippen molar-refractivity contribution in [2.45, 2.75) is 44.8 Å². The first kappa shape index (κ1) is 17.1. The first-order valence-electron chi connectivity index (χ1n) is 8.34. The second-order valence-corrected chi connectivity index (χ2v) is 6.16. The number of carbonyl (C=O) groups excluding carboxylic acids is 2. The molecule has 25 heavy (non-hydrogen) atoms. The molecule has 0 saturated heterocycles. The Hall–Kier alpha value is -2.70. The van der Waals surface area contributed by atoms with E-state index in [-0.39, 0.29) is 23.5 Å². The van der Waals surface area contributed by atoms with Crippen LogP contribution in [-0.4, -0.2) is 33.6 Å². The summed E-state index contributed by atoms with van der Waals surface area (Å²) in [5.41, 5.74) is 0.751. The Balaban J connectivity index is 1.66. The Bertz CT molecular complexity index is 751. The smallest absolute Gasteiger partial charge is 0.357 e. The standard InChI is InChI=1S/C18H20FN3O3/c1-12(17(23)21-14-4-2-3-5-14)25-18(24)16-10-20-11-22(16)15-8-6-13(19)7-9-15/h6-12,14H,2-5H2,1H3,(H,21,23)/t12-/m0/s1. The number of nitrogens with one attached hydrogen (secondary N) is 1.